The number of rotatable bonds is 7. The molecule has 150 valence electrons. The van der Waals surface area contributed by atoms with Crippen LogP contribution in [0.2, 0.25) is 0 Å². The van der Waals surface area contributed by atoms with E-state index in [1.807, 2.05) is 0 Å². The van der Waals surface area contributed by atoms with Crippen molar-refractivity contribution >= 4 is 29.4 Å². The molecule has 0 spiro atoms. The minimum atomic E-state index is -0.451. The molecule has 0 saturated carbocycles. The minimum absolute atomic E-state index is 0.135. The van der Waals surface area contributed by atoms with Crippen LogP contribution in [0.15, 0.2) is 47.5 Å². The van der Waals surface area contributed by atoms with Gasteiger partial charge in [-0.15, -0.1) is 0 Å². The van der Waals surface area contributed by atoms with Crippen LogP contribution in [0.3, 0.4) is 0 Å². The Balaban J connectivity index is 1.81. The van der Waals surface area contributed by atoms with Gasteiger partial charge in [-0.3, -0.25) is 0 Å². The molecule has 0 aliphatic heterocycles. The maximum absolute atomic E-state index is 14.0. The summed E-state index contributed by atoms with van der Waals surface area (Å²) in [7, 11) is 1.34. The summed E-state index contributed by atoms with van der Waals surface area (Å²) >= 11 is 5.30. The van der Waals surface area contributed by atoms with E-state index in [1.165, 1.54) is 18.7 Å². The average Bonchev–Trinajstić information content (AvgIpc) is 2.66. The predicted octanol–water partition coefficient (Wildman–Crippen LogP) is 4.53. The van der Waals surface area contributed by atoms with Crippen LogP contribution in [0.25, 0.3) is 0 Å². The third-order valence-corrected chi connectivity index (χ3v) is 4.36. The third kappa shape index (κ3) is 6.90. The van der Waals surface area contributed by atoms with Crippen molar-refractivity contribution in [3.8, 4) is 0 Å². The van der Waals surface area contributed by atoms with Crippen molar-refractivity contribution < 1.29 is 14.2 Å². The number of aliphatic imine (C=N–C) groups is 1. The second kappa shape index (κ2) is 10.1. The Bertz CT molecular complexity index is 817. The van der Waals surface area contributed by atoms with Crippen molar-refractivity contribution in [3.05, 3.63) is 65.0 Å². The van der Waals surface area contributed by atoms with Gasteiger partial charge in [0, 0.05) is 13.1 Å². The fourth-order valence-corrected chi connectivity index (χ4v) is 2.58. The van der Waals surface area contributed by atoms with Gasteiger partial charge in [0.2, 0.25) is 6.40 Å². The van der Waals surface area contributed by atoms with Crippen LogP contribution >= 0.6 is 12.2 Å². The van der Waals surface area contributed by atoms with Crippen LogP contribution in [0.4, 0.5) is 10.1 Å². The maximum atomic E-state index is 14.0. The van der Waals surface area contributed by atoms with Crippen LogP contribution in [-0.4, -0.2) is 18.6 Å². The first-order valence-electron chi connectivity index (χ1n) is 8.91. The van der Waals surface area contributed by atoms with Gasteiger partial charge in [0.25, 0.3) is 0 Å². The molecule has 0 bridgehead atoms. The molecule has 5 nitrogen and oxygen atoms in total. The van der Waals surface area contributed by atoms with E-state index in [1.54, 1.807) is 12.1 Å². The van der Waals surface area contributed by atoms with E-state index in [0.29, 0.717) is 18.2 Å². The number of thiocarbonyl (C=S) groups is 1. The summed E-state index contributed by atoms with van der Waals surface area (Å²) < 4.78 is 14.0. The highest BCUT2D eigenvalue weighted by atomic mass is 32.1. The van der Waals surface area contributed by atoms with E-state index in [2.05, 4.69) is 70.4 Å². The summed E-state index contributed by atoms with van der Waals surface area (Å²) in [6.07, 6.45) is 1.03. The number of nitrogens with zero attached hydrogens (tertiary/aromatic N) is 1. The zero-order chi connectivity index (χ0) is 20.6. The molecular formula is C21H26FN3O2S. The average molecular weight is 404 g/mol. The van der Waals surface area contributed by atoms with Crippen molar-refractivity contribution in [3.63, 3.8) is 0 Å². The molecule has 0 fully saturated rings. The zero-order valence-electron chi connectivity index (χ0n) is 16.6. The monoisotopic (exact) mass is 403 g/mol. The number of hydrogen-bond acceptors (Lipinski definition) is 4. The molecule has 0 atom stereocenters. The minimum Gasteiger partial charge on any atom is -0.359 e. The van der Waals surface area contributed by atoms with Crippen molar-refractivity contribution in [2.75, 3.05) is 7.11 Å². The highest BCUT2D eigenvalue weighted by molar-refractivity contribution is 7.80. The molecule has 0 amide bonds. The number of benzene rings is 2. The van der Waals surface area contributed by atoms with Crippen LogP contribution in [-0.2, 0) is 28.3 Å². The lowest BCUT2D eigenvalue weighted by Gasteiger charge is -2.19. The first-order valence-corrected chi connectivity index (χ1v) is 9.32. The maximum Gasteiger partial charge on any atom is 0.220 e. The van der Waals surface area contributed by atoms with Crippen LogP contribution in [0.5, 0.6) is 0 Å². The van der Waals surface area contributed by atoms with Gasteiger partial charge in [0.15, 0.2) is 5.11 Å². The van der Waals surface area contributed by atoms with Gasteiger partial charge in [0.1, 0.15) is 11.5 Å². The van der Waals surface area contributed by atoms with Crippen molar-refractivity contribution in [2.24, 2.45) is 4.99 Å². The van der Waals surface area contributed by atoms with Gasteiger partial charge < -0.3 is 15.5 Å². The lowest BCUT2D eigenvalue weighted by Crippen LogP contribution is -2.34. The van der Waals surface area contributed by atoms with E-state index >= 15 is 0 Å². The molecule has 0 saturated heterocycles. The number of halogens is 1. The van der Waals surface area contributed by atoms with E-state index < -0.39 is 5.82 Å². The molecule has 0 heterocycles. The Morgan fingerprint density at radius 1 is 1.07 bits per heavy atom. The van der Waals surface area contributed by atoms with Gasteiger partial charge in [0.05, 0.1) is 7.11 Å². The van der Waals surface area contributed by atoms with Gasteiger partial charge in [-0.2, -0.15) is 4.89 Å². The molecule has 28 heavy (non-hydrogen) atoms. The quantitative estimate of drug-likeness (QED) is 0.234. The summed E-state index contributed by atoms with van der Waals surface area (Å²) in [5.74, 6) is -0.451. The lowest BCUT2D eigenvalue weighted by atomic mass is 9.87. The topological polar surface area (TPSA) is 54.9 Å². The molecule has 0 aliphatic rings. The third-order valence-electron chi connectivity index (χ3n) is 4.07. The summed E-state index contributed by atoms with van der Waals surface area (Å²) in [4.78, 5) is 12.7. The lowest BCUT2D eigenvalue weighted by molar-refractivity contribution is -0.187. The molecule has 2 N–H and O–H groups in total. The molecule has 7 heteroatoms. The van der Waals surface area contributed by atoms with Crippen molar-refractivity contribution in [1.29, 1.82) is 0 Å². The Kier molecular flexibility index (Phi) is 7.90. The first kappa shape index (κ1) is 21.8. The van der Waals surface area contributed by atoms with Crippen molar-refractivity contribution in [2.45, 2.75) is 39.3 Å². The van der Waals surface area contributed by atoms with Crippen LogP contribution in [0.1, 0.15) is 37.5 Å². The molecule has 0 unspecified atom stereocenters. The predicted molar refractivity (Wildman–Crippen MR) is 114 cm³/mol. The SMILES string of the molecule is COOC=Nc1ccc(CNC(=S)NCc2ccc(C(C)(C)C)cc2)cc1F. The molecule has 2 aromatic rings. The fraction of sp³-hybridized carbons (Fsp3) is 0.333. The van der Waals surface area contributed by atoms with E-state index in [4.69, 9.17) is 12.2 Å². The first-order chi connectivity index (χ1) is 13.3. The zero-order valence-corrected chi connectivity index (χ0v) is 17.4. The van der Waals surface area contributed by atoms with E-state index in [-0.39, 0.29) is 11.1 Å². The van der Waals surface area contributed by atoms with E-state index in [9.17, 15) is 4.39 Å². The summed E-state index contributed by atoms with van der Waals surface area (Å²) in [6, 6.07) is 13.2. The molecular weight excluding hydrogens is 377 g/mol. The fourth-order valence-electron chi connectivity index (χ4n) is 2.44. The summed E-state index contributed by atoms with van der Waals surface area (Å²) in [6.45, 7) is 7.60. The Morgan fingerprint density at radius 2 is 1.68 bits per heavy atom. The number of nitrogens with one attached hydrogen (secondary N) is 2. The second-order valence-electron chi connectivity index (χ2n) is 7.27. The van der Waals surface area contributed by atoms with Crippen LogP contribution < -0.4 is 10.6 Å². The summed E-state index contributed by atoms with van der Waals surface area (Å²) in [5.41, 5.74) is 3.49. The number of hydrogen-bond donors (Lipinski definition) is 2. The Morgan fingerprint density at radius 3 is 2.25 bits per heavy atom. The smallest absolute Gasteiger partial charge is 0.220 e. The van der Waals surface area contributed by atoms with Gasteiger partial charge in [-0.25, -0.2) is 9.38 Å². The standard InChI is InChI=1S/C21H26FN3O2S/c1-21(2,3)17-8-5-15(6-9-17)12-23-20(28)24-13-16-7-10-19(18(22)11-16)25-14-27-26-4/h5-11,14H,12-13H2,1-4H3,(H2,23,24,28). The van der Waals surface area contributed by atoms with Gasteiger partial charge in [-0.05, 0) is 46.5 Å². The molecule has 0 aliphatic carbocycles. The highest BCUT2D eigenvalue weighted by Crippen LogP contribution is 2.22. The Hall–Kier alpha value is -2.51. The molecule has 0 radical (unpaired) electrons. The molecule has 2 aromatic carbocycles. The van der Waals surface area contributed by atoms with E-state index in [0.717, 1.165) is 17.5 Å². The second-order valence-corrected chi connectivity index (χ2v) is 7.67. The van der Waals surface area contributed by atoms with Gasteiger partial charge >= 0.3 is 0 Å². The summed E-state index contributed by atoms with van der Waals surface area (Å²) in [5, 5.41) is 6.74. The van der Waals surface area contributed by atoms with Gasteiger partial charge in [-0.1, -0.05) is 51.1 Å². The molecule has 2 rings (SSSR count). The normalized spacial score (nSPS) is 11.5. The van der Waals surface area contributed by atoms with Crippen molar-refractivity contribution in [1.82, 2.24) is 10.6 Å². The highest BCUT2D eigenvalue weighted by Gasteiger charge is 2.12. The largest absolute Gasteiger partial charge is 0.359 e. The molecule has 0 aromatic heterocycles. The van der Waals surface area contributed by atoms with Crippen LogP contribution in [0, 0.1) is 5.82 Å². The Labute approximate surface area is 170 Å².